The molecule has 4 nitrogen and oxygen atoms in total. The first kappa shape index (κ1) is 9.15. The van der Waals surface area contributed by atoms with Crippen LogP contribution in [0.1, 0.15) is 10.5 Å². The van der Waals surface area contributed by atoms with Gasteiger partial charge in [-0.05, 0) is 6.07 Å². The Hall–Kier alpha value is -1.42. The van der Waals surface area contributed by atoms with Crippen LogP contribution in [0.25, 0.3) is 0 Å². The van der Waals surface area contributed by atoms with Crippen molar-refractivity contribution < 1.29 is 9.53 Å². The first-order valence-corrected chi connectivity index (χ1v) is 4.57. The Kier molecular flexibility index (Phi) is 2.74. The average molecular weight is 191 g/mol. The van der Waals surface area contributed by atoms with Crippen molar-refractivity contribution in [1.29, 1.82) is 0 Å². The van der Waals surface area contributed by atoms with Gasteiger partial charge in [-0.3, -0.25) is 9.78 Å². The Morgan fingerprint density at radius 1 is 1.50 bits per heavy atom. The third kappa shape index (κ3) is 1.90. The normalized spacial score (nSPS) is 16.7. The summed E-state index contributed by atoms with van der Waals surface area (Å²) < 4.78 is 5.17. The summed E-state index contributed by atoms with van der Waals surface area (Å²) in [4.78, 5) is 17.5. The lowest BCUT2D eigenvalue weighted by atomic mass is 10.3. The van der Waals surface area contributed by atoms with E-state index in [0.29, 0.717) is 32.0 Å². The summed E-state index contributed by atoms with van der Waals surface area (Å²) >= 11 is 0. The number of hydrogen-bond acceptors (Lipinski definition) is 3. The molecule has 1 radical (unpaired) electrons. The van der Waals surface area contributed by atoms with E-state index in [2.05, 4.69) is 11.1 Å². The lowest BCUT2D eigenvalue weighted by Gasteiger charge is -2.26. The predicted molar refractivity (Wildman–Crippen MR) is 49.8 cm³/mol. The quantitative estimate of drug-likeness (QED) is 0.643. The molecule has 0 spiro atoms. The Balaban J connectivity index is 2.07. The third-order valence-electron chi connectivity index (χ3n) is 2.13. The summed E-state index contributed by atoms with van der Waals surface area (Å²) in [5, 5.41) is 0. The smallest absolute Gasteiger partial charge is 0.272 e. The van der Waals surface area contributed by atoms with Crippen molar-refractivity contribution in [2.75, 3.05) is 26.3 Å². The van der Waals surface area contributed by atoms with Gasteiger partial charge in [0.15, 0.2) is 0 Å². The van der Waals surface area contributed by atoms with Crippen LogP contribution in [0.3, 0.4) is 0 Å². The maximum atomic E-state index is 11.8. The van der Waals surface area contributed by atoms with Gasteiger partial charge in [-0.1, -0.05) is 6.07 Å². The van der Waals surface area contributed by atoms with Gasteiger partial charge in [0.25, 0.3) is 5.91 Å². The maximum absolute atomic E-state index is 11.8. The van der Waals surface area contributed by atoms with E-state index in [1.165, 1.54) is 6.20 Å². The minimum atomic E-state index is -0.0256. The second-order valence-corrected chi connectivity index (χ2v) is 3.05. The highest BCUT2D eigenvalue weighted by Gasteiger charge is 2.18. The van der Waals surface area contributed by atoms with Crippen LogP contribution in [0.5, 0.6) is 0 Å². The Morgan fingerprint density at radius 2 is 2.29 bits per heavy atom. The molecule has 1 fully saturated rings. The van der Waals surface area contributed by atoms with Gasteiger partial charge in [-0.15, -0.1) is 0 Å². The van der Waals surface area contributed by atoms with Crippen LogP contribution >= 0.6 is 0 Å². The lowest BCUT2D eigenvalue weighted by molar-refractivity contribution is 0.0299. The van der Waals surface area contributed by atoms with Crippen molar-refractivity contribution in [3.05, 3.63) is 30.1 Å². The topological polar surface area (TPSA) is 42.4 Å². The predicted octanol–water partition coefficient (Wildman–Crippen LogP) is 0.354. The van der Waals surface area contributed by atoms with Crippen molar-refractivity contribution in [3.8, 4) is 0 Å². The Labute approximate surface area is 82.5 Å². The van der Waals surface area contributed by atoms with Crippen LogP contribution < -0.4 is 0 Å². The molecule has 1 aliphatic rings. The molecule has 1 saturated heterocycles. The number of amides is 1. The zero-order valence-electron chi connectivity index (χ0n) is 7.77. The number of nitrogens with zero attached hydrogens (tertiary/aromatic N) is 2. The van der Waals surface area contributed by atoms with Crippen LogP contribution in [0, 0.1) is 6.07 Å². The summed E-state index contributed by atoms with van der Waals surface area (Å²) in [6.45, 7) is 2.54. The van der Waals surface area contributed by atoms with Crippen LogP contribution in [-0.2, 0) is 4.74 Å². The largest absolute Gasteiger partial charge is 0.378 e. The molecular formula is C10H11N2O2. The summed E-state index contributed by atoms with van der Waals surface area (Å²) in [6.07, 6.45) is 1.51. The number of aromatic nitrogens is 1. The number of carbonyl (C=O) groups excluding carboxylic acids is 1. The molecule has 2 heterocycles. The maximum Gasteiger partial charge on any atom is 0.272 e. The fourth-order valence-corrected chi connectivity index (χ4v) is 1.37. The van der Waals surface area contributed by atoms with Crippen molar-refractivity contribution >= 4 is 5.91 Å². The second-order valence-electron chi connectivity index (χ2n) is 3.05. The van der Waals surface area contributed by atoms with Gasteiger partial charge < -0.3 is 9.64 Å². The van der Waals surface area contributed by atoms with Gasteiger partial charge in [-0.25, -0.2) is 0 Å². The minimum Gasteiger partial charge on any atom is -0.378 e. The SMILES string of the molecule is O=C(c1cc[c]cn1)N1CCOCC1. The molecule has 73 valence electrons. The highest BCUT2D eigenvalue weighted by atomic mass is 16.5. The van der Waals surface area contributed by atoms with Crippen LogP contribution in [-0.4, -0.2) is 42.1 Å². The number of morpholine rings is 1. The number of carbonyl (C=O) groups is 1. The number of ether oxygens (including phenoxy) is 1. The van der Waals surface area contributed by atoms with Crippen molar-refractivity contribution in [2.24, 2.45) is 0 Å². The molecule has 0 unspecified atom stereocenters. The number of rotatable bonds is 1. The third-order valence-corrected chi connectivity index (χ3v) is 2.13. The molecule has 0 aromatic carbocycles. The highest BCUT2D eigenvalue weighted by molar-refractivity contribution is 5.92. The standard InChI is InChI=1S/C10H11N2O2/c13-10(9-3-1-2-4-11-9)12-5-7-14-8-6-12/h1,3-4H,5-8H2. The van der Waals surface area contributed by atoms with E-state index in [1.54, 1.807) is 17.0 Å². The van der Waals surface area contributed by atoms with Gasteiger partial charge >= 0.3 is 0 Å². The zero-order valence-corrected chi connectivity index (χ0v) is 7.77. The summed E-state index contributed by atoms with van der Waals surface area (Å²) in [5.41, 5.74) is 0.477. The van der Waals surface area contributed by atoms with E-state index < -0.39 is 0 Å². The summed E-state index contributed by atoms with van der Waals surface area (Å²) in [6, 6.07) is 6.16. The Bertz CT molecular complexity index is 307. The minimum absolute atomic E-state index is 0.0256. The van der Waals surface area contributed by atoms with Crippen LogP contribution in [0.2, 0.25) is 0 Å². The van der Waals surface area contributed by atoms with Crippen molar-refractivity contribution in [1.82, 2.24) is 9.88 Å². The highest BCUT2D eigenvalue weighted by Crippen LogP contribution is 2.03. The fourth-order valence-electron chi connectivity index (χ4n) is 1.37. The lowest BCUT2D eigenvalue weighted by Crippen LogP contribution is -2.40. The second kappa shape index (κ2) is 4.19. The Morgan fingerprint density at radius 3 is 2.93 bits per heavy atom. The first-order valence-electron chi connectivity index (χ1n) is 4.57. The molecule has 0 saturated carbocycles. The van der Waals surface area contributed by atoms with Gasteiger partial charge in [0.1, 0.15) is 5.69 Å². The fraction of sp³-hybridized carbons (Fsp3) is 0.400. The van der Waals surface area contributed by atoms with E-state index in [-0.39, 0.29) is 5.91 Å². The molecule has 1 aromatic heterocycles. The van der Waals surface area contributed by atoms with Gasteiger partial charge in [0.05, 0.1) is 13.2 Å². The molecule has 1 amide bonds. The van der Waals surface area contributed by atoms with Crippen molar-refractivity contribution in [2.45, 2.75) is 0 Å². The molecular weight excluding hydrogens is 180 g/mol. The van der Waals surface area contributed by atoms with E-state index in [0.717, 1.165) is 0 Å². The van der Waals surface area contributed by atoms with E-state index in [1.807, 2.05) is 0 Å². The van der Waals surface area contributed by atoms with E-state index in [4.69, 9.17) is 4.74 Å². The monoisotopic (exact) mass is 191 g/mol. The average Bonchev–Trinajstić information content (AvgIpc) is 2.30. The van der Waals surface area contributed by atoms with Crippen LogP contribution in [0.4, 0.5) is 0 Å². The molecule has 0 bridgehead atoms. The van der Waals surface area contributed by atoms with Gasteiger partial charge in [0.2, 0.25) is 0 Å². The molecule has 1 aromatic rings. The molecule has 4 heteroatoms. The zero-order chi connectivity index (χ0) is 9.80. The molecule has 1 aliphatic heterocycles. The first-order chi connectivity index (χ1) is 6.88. The van der Waals surface area contributed by atoms with E-state index >= 15 is 0 Å². The van der Waals surface area contributed by atoms with Gasteiger partial charge in [0, 0.05) is 25.4 Å². The summed E-state index contributed by atoms with van der Waals surface area (Å²) in [5.74, 6) is -0.0256. The van der Waals surface area contributed by atoms with Crippen molar-refractivity contribution in [3.63, 3.8) is 0 Å². The molecule has 0 N–H and O–H groups in total. The molecule has 0 aliphatic carbocycles. The van der Waals surface area contributed by atoms with Gasteiger partial charge in [-0.2, -0.15) is 0 Å². The molecule has 14 heavy (non-hydrogen) atoms. The number of hydrogen-bond donors (Lipinski definition) is 0. The van der Waals surface area contributed by atoms with E-state index in [9.17, 15) is 4.79 Å². The number of pyridine rings is 1. The van der Waals surface area contributed by atoms with Crippen LogP contribution in [0.15, 0.2) is 18.3 Å². The molecule has 0 atom stereocenters. The summed E-state index contributed by atoms with van der Waals surface area (Å²) in [7, 11) is 0. The molecule has 2 rings (SSSR count).